The highest BCUT2D eigenvalue weighted by Crippen LogP contribution is 2.32. The van der Waals surface area contributed by atoms with Gasteiger partial charge in [0.25, 0.3) is 0 Å². The molecule has 116 valence electrons. The molecule has 1 aliphatic heterocycles. The molecule has 0 aliphatic carbocycles. The van der Waals surface area contributed by atoms with E-state index in [1.165, 1.54) is 11.1 Å². The summed E-state index contributed by atoms with van der Waals surface area (Å²) in [6.07, 6.45) is 5.53. The fraction of sp³-hybridized carbons (Fsp3) is 0.444. The molecule has 0 bridgehead atoms. The highest BCUT2D eigenvalue weighted by Gasteiger charge is 2.22. The first kappa shape index (κ1) is 14.8. The van der Waals surface area contributed by atoms with E-state index in [4.69, 9.17) is 9.47 Å². The minimum atomic E-state index is 0.442. The lowest BCUT2D eigenvalue weighted by atomic mass is 9.90. The van der Waals surface area contributed by atoms with E-state index < -0.39 is 0 Å². The second-order valence-electron chi connectivity index (χ2n) is 6.14. The maximum atomic E-state index is 5.93. The number of aromatic nitrogens is 2. The van der Waals surface area contributed by atoms with Crippen molar-refractivity contribution in [1.29, 1.82) is 0 Å². The molecule has 0 fully saturated rings. The summed E-state index contributed by atoms with van der Waals surface area (Å²) < 4.78 is 11.2. The van der Waals surface area contributed by atoms with Crippen molar-refractivity contribution >= 4 is 0 Å². The number of rotatable bonds is 4. The largest absolute Gasteiger partial charge is 0.497 e. The molecule has 0 amide bonds. The van der Waals surface area contributed by atoms with Crippen LogP contribution in [0.2, 0.25) is 0 Å². The molecular weight excluding hydrogens is 276 g/mol. The lowest BCUT2D eigenvalue weighted by Crippen LogP contribution is -2.24. The van der Waals surface area contributed by atoms with Gasteiger partial charge in [-0.15, -0.1) is 0 Å². The maximum absolute atomic E-state index is 5.93. The molecule has 0 N–H and O–H groups in total. The molecule has 3 rings (SSSR count). The van der Waals surface area contributed by atoms with Crippen molar-refractivity contribution in [3.05, 3.63) is 47.5 Å². The molecule has 0 radical (unpaired) electrons. The summed E-state index contributed by atoms with van der Waals surface area (Å²) in [7, 11) is 1.68. The first-order valence-electron chi connectivity index (χ1n) is 7.76. The van der Waals surface area contributed by atoms with E-state index in [0.717, 1.165) is 36.6 Å². The minimum absolute atomic E-state index is 0.442. The molecular formula is C18H22N2O2. The molecule has 1 aromatic carbocycles. The van der Waals surface area contributed by atoms with Crippen molar-refractivity contribution in [2.45, 2.75) is 32.6 Å². The molecule has 0 unspecified atom stereocenters. The lowest BCUT2D eigenvalue weighted by molar-refractivity contribution is 0.219. The third-order valence-electron chi connectivity index (χ3n) is 4.19. The van der Waals surface area contributed by atoms with Crippen LogP contribution in [0.3, 0.4) is 0 Å². The van der Waals surface area contributed by atoms with Crippen LogP contribution in [0.25, 0.3) is 0 Å². The monoisotopic (exact) mass is 298 g/mol. The molecule has 4 heteroatoms. The van der Waals surface area contributed by atoms with Gasteiger partial charge >= 0.3 is 0 Å². The van der Waals surface area contributed by atoms with Crippen molar-refractivity contribution in [3.63, 3.8) is 0 Å². The van der Waals surface area contributed by atoms with Crippen LogP contribution in [-0.4, -0.2) is 23.7 Å². The molecule has 1 aromatic heterocycles. The van der Waals surface area contributed by atoms with Gasteiger partial charge in [0.15, 0.2) is 0 Å². The molecule has 2 aromatic rings. The van der Waals surface area contributed by atoms with Gasteiger partial charge < -0.3 is 9.47 Å². The number of fused-ring (bicyclic) bond motifs is 1. The third-order valence-corrected chi connectivity index (χ3v) is 4.19. The first-order chi connectivity index (χ1) is 10.7. The number of hydrogen-bond acceptors (Lipinski definition) is 4. The Morgan fingerprint density at radius 3 is 3.00 bits per heavy atom. The van der Waals surface area contributed by atoms with Crippen molar-refractivity contribution in [2.75, 3.05) is 13.7 Å². The van der Waals surface area contributed by atoms with Gasteiger partial charge in [-0.25, -0.2) is 9.97 Å². The van der Waals surface area contributed by atoms with Crippen LogP contribution in [0.4, 0.5) is 0 Å². The summed E-state index contributed by atoms with van der Waals surface area (Å²) in [5.41, 5.74) is 3.63. The molecule has 2 heterocycles. The van der Waals surface area contributed by atoms with Crippen LogP contribution < -0.4 is 9.47 Å². The normalized spacial score (nSPS) is 17.0. The van der Waals surface area contributed by atoms with Gasteiger partial charge in [0, 0.05) is 23.9 Å². The molecule has 0 saturated carbocycles. The average molecular weight is 298 g/mol. The lowest BCUT2D eigenvalue weighted by Gasteiger charge is -2.26. The van der Waals surface area contributed by atoms with Crippen molar-refractivity contribution in [3.8, 4) is 11.5 Å². The van der Waals surface area contributed by atoms with E-state index in [-0.39, 0.29) is 0 Å². The summed E-state index contributed by atoms with van der Waals surface area (Å²) in [4.78, 5) is 8.65. The zero-order chi connectivity index (χ0) is 15.5. The van der Waals surface area contributed by atoms with E-state index >= 15 is 0 Å². The van der Waals surface area contributed by atoms with E-state index in [2.05, 4.69) is 29.9 Å². The van der Waals surface area contributed by atoms with E-state index in [9.17, 15) is 0 Å². The van der Waals surface area contributed by atoms with E-state index in [1.807, 2.05) is 18.3 Å². The fourth-order valence-corrected chi connectivity index (χ4v) is 2.97. The van der Waals surface area contributed by atoms with Crippen molar-refractivity contribution < 1.29 is 9.47 Å². The standard InChI is InChI=1S/C18H22N2O2/c1-12(2)16-9-19-11-20-17(16)7-13-6-14-4-5-15(21-3)8-18(14)22-10-13/h4-5,8-9,11-13H,6-7,10H2,1-3H3/t13-/m0/s1. The van der Waals surface area contributed by atoms with Gasteiger partial charge in [0.05, 0.1) is 13.7 Å². The van der Waals surface area contributed by atoms with E-state index in [1.54, 1.807) is 13.4 Å². The highest BCUT2D eigenvalue weighted by atomic mass is 16.5. The Balaban J connectivity index is 1.76. The van der Waals surface area contributed by atoms with Crippen LogP contribution in [0.15, 0.2) is 30.7 Å². The number of ether oxygens (including phenoxy) is 2. The van der Waals surface area contributed by atoms with Gasteiger partial charge in [-0.3, -0.25) is 0 Å². The molecule has 22 heavy (non-hydrogen) atoms. The van der Waals surface area contributed by atoms with Gasteiger partial charge in [-0.1, -0.05) is 19.9 Å². The number of nitrogens with zero attached hydrogens (tertiary/aromatic N) is 2. The zero-order valence-corrected chi connectivity index (χ0v) is 13.4. The highest BCUT2D eigenvalue weighted by molar-refractivity contribution is 5.42. The average Bonchev–Trinajstić information content (AvgIpc) is 2.54. The maximum Gasteiger partial charge on any atom is 0.126 e. The van der Waals surface area contributed by atoms with Crippen LogP contribution in [0, 0.1) is 5.92 Å². The van der Waals surface area contributed by atoms with Gasteiger partial charge in [0.2, 0.25) is 0 Å². The Bertz CT molecular complexity index is 655. The van der Waals surface area contributed by atoms with Crippen molar-refractivity contribution in [1.82, 2.24) is 9.97 Å². The molecule has 1 aliphatic rings. The van der Waals surface area contributed by atoms with Gasteiger partial charge in [0.1, 0.15) is 17.8 Å². The number of hydrogen-bond donors (Lipinski definition) is 0. The van der Waals surface area contributed by atoms with Crippen LogP contribution in [0.5, 0.6) is 11.5 Å². The molecule has 4 nitrogen and oxygen atoms in total. The SMILES string of the molecule is COc1ccc2c(c1)OC[C@H](Cc1ncncc1C(C)C)C2. The summed E-state index contributed by atoms with van der Waals surface area (Å²) >= 11 is 0. The number of methoxy groups -OCH3 is 1. The van der Waals surface area contributed by atoms with Crippen LogP contribution >= 0.6 is 0 Å². The number of benzene rings is 1. The molecule has 1 atom stereocenters. The van der Waals surface area contributed by atoms with Crippen LogP contribution in [0.1, 0.15) is 36.6 Å². The Labute approximate surface area is 131 Å². The Morgan fingerprint density at radius 1 is 1.36 bits per heavy atom. The smallest absolute Gasteiger partial charge is 0.126 e. The molecule has 0 saturated heterocycles. The third kappa shape index (κ3) is 3.06. The van der Waals surface area contributed by atoms with Gasteiger partial charge in [-0.2, -0.15) is 0 Å². The summed E-state index contributed by atoms with van der Waals surface area (Å²) in [5.74, 6) is 2.68. The minimum Gasteiger partial charge on any atom is -0.497 e. The quantitative estimate of drug-likeness (QED) is 0.867. The van der Waals surface area contributed by atoms with E-state index in [0.29, 0.717) is 11.8 Å². The summed E-state index contributed by atoms with van der Waals surface area (Å²) in [5, 5.41) is 0. The Morgan fingerprint density at radius 2 is 2.23 bits per heavy atom. The summed E-state index contributed by atoms with van der Waals surface area (Å²) in [6.45, 7) is 5.09. The zero-order valence-electron chi connectivity index (χ0n) is 13.4. The van der Waals surface area contributed by atoms with Gasteiger partial charge in [-0.05, 0) is 36.0 Å². The predicted octanol–water partition coefficient (Wildman–Crippen LogP) is 3.40. The first-order valence-corrected chi connectivity index (χ1v) is 7.76. The second-order valence-corrected chi connectivity index (χ2v) is 6.14. The van der Waals surface area contributed by atoms with Crippen LogP contribution in [-0.2, 0) is 12.8 Å². The summed E-state index contributed by atoms with van der Waals surface area (Å²) in [6, 6.07) is 6.06. The Kier molecular flexibility index (Phi) is 4.27. The fourth-order valence-electron chi connectivity index (χ4n) is 2.97. The predicted molar refractivity (Wildman–Crippen MR) is 85.5 cm³/mol. The second kappa shape index (κ2) is 6.34. The Hall–Kier alpha value is -2.10. The topological polar surface area (TPSA) is 44.2 Å². The molecule has 0 spiro atoms. The van der Waals surface area contributed by atoms with Crippen molar-refractivity contribution in [2.24, 2.45) is 5.92 Å².